The highest BCUT2D eigenvalue weighted by atomic mass is 15.3. The highest BCUT2D eigenvalue weighted by molar-refractivity contribution is 5.10. The number of nitrogens with zero attached hydrogens (tertiary/aromatic N) is 2. The molecule has 1 N–H and O–H groups in total. The zero-order valence-electron chi connectivity index (χ0n) is 12.0. The molecule has 1 aromatic heterocycles. The number of aryl methyl sites for hydroxylation is 2. The summed E-state index contributed by atoms with van der Waals surface area (Å²) in [5.41, 5.74) is 2.81. The van der Waals surface area contributed by atoms with E-state index in [1.165, 1.54) is 11.4 Å². The van der Waals surface area contributed by atoms with Crippen LogP contribution in [0.2, 0.25) is 0 Å². The molecule has 0 aliphatic heterocycles. The van der Waals surface area contributed by atoms with Crippen molar-refractivity contribution in [1.29, 1.82) is 0 Å². The summed E-state index contributed by atoms with van der Waals surface area (Å²) in [5, 5.41) is 8.11. The first-order chi connectivity index (χ1) is 8.02. The van der Waals surface area contributed by atoms with Crippen LogP contribution in [0, 0.1) is 5.41 Å². The van der Waals surface area contributed by atoms with Crippen LogP contribution in [0.5, 0.6) is 0 Å². The topological polar surface area (TPSA) is 29.9 Å². The summed E-state index contributed by atoms with van der Waals surface area (Å²) >= 11 is 0. The second-order valence-electron chi connectivity index (χ2n) is 5.44. The molecule has 0 saturated heterocycles. The van der Waals surface area contributed by atoms with Crippen molar-refractivity contribution in [3.8, 4) is 0 Å². The summed E-state index contributed by atoms with van der Waals surface area (Å²) in [5.74, 6) is 0. The largest absolute Gasteiger partial charge is 0.316 e. The fourth-order valence-electron chi connectivity index (χ4n) is 2.03. The van der Waals surface area contributed by atoms with Crippen LogP contribution in [0.4, 0.5) is 0 Å². The van der Waals surface area contributed by atoms with Gasteiger partial charge in [0.25, 0.3) is 0 Å². The Kier molecular flexibility index (Phi) is 5.19. The van der Waals surface area contributed by atoms with Crippen LogP contribution in [0.25, 0.3) is 0 Å². The van der Waals surface area contributed by atoms with E-state index < -0.39 is 0 Å². The highest BCUT2D eigenvalue weighted by Crippen LogP contribution is 2.19. The smallest absolute Gasteiger partial charge is 0.0624 e. The molecule has 0 saturated carbocycles. The number of nitrogens with one attached hydrogen (secondary N) is 1. The Morgan fingerprint density at radius 2 is 1.94 bits per heavy atom. The number of rotatable bonds is 7. The Bertz CT molecular complexity index is 339. The van der Waals surface area contributed by atoms with Crippen molar-refractivity contribution in [2.24, 2.45) is 5.41 Å². The Morgan fingerprint density at radius 1 is 1.24 bits per heavy atom. The highest BCUT2D eigenvalue weighted by Gasteiger charge is 2.20. The Balaban J connectivity index is 2.75. The van der Waals surface area contributed by atoms with Gasteiger partial charge in [0.1, 0.15) is 0 Å². The average Bonchev–Trinajstić information content (AvgIpc) is 2.68. The predicted molar refractivity (Wildman–Crippen MR) is 73.3 cm³/mol. The van der Waals surface area contributed by atoms with E-state index in [1.54, 1.807) is 0 Å². The lowest BCUT2D eigenvalue weighted by Crippen LogP contribution is -2.33. The molecule has 3 heteroatoms. The lowest BCUT2D eigenvalue weighted by atomic mass is 9.93. The molecule has 0 aliphatic carbocycles. The third kappa shape index (κ3) is 4.15. The number of aromatic nitrogens is 2. The fourth-order valence-corrected chi connectivity index (χ4v) is 2.03. The third-order valence-electron chi connectivity index (χ3n) is 3.07. The van der Waals surface area contributed by atoms with Gasteiger partial charge in [-0.25, -0.2) is 0 Å². The van der Waals surface area contributed by atoms with Crippen LogP contribution < -0.4 is 5.32 Å². The van der Waals surface area contributed by atoms with Crippen LogP contribution in [-0.4, -0.2) is 22.9 Å². The lowest BCUT2D eigenvalue weighted by Gasteiger charge is -2.25. The van der Waals surface area contributed by atoms with Gasteiger partial charge in [0.05, 0.1) is 5.69 Å². The summed E-state index contributed by atoms with van der Waals surface area (Å²) in [4.78, 5) is 0. The minimum Gasteiger partial charge on any atom is -0.316 e. The van der Waals surface area contributed by atoms with E-state index in [1.807, 2.05) is 0 Å². The van der Waals surface area contributed by atoms with Gasteiger partial charge in [0, 0.05) is 18.8 Å². The Hall–Kier alpha value is -0.830. The molecule has 0 fully saturated rings. The molecule has 3 nitrogen and oxygen atoms in total. The van der Waals surface area contributed by atoms with E-state index >= 15 is 0 Å². The van der Waals surface area contributed by atoms with Crippen molar-refractivity contribution in [2.75, 3.05) is 13.1 Å². The molecule has 1 aromatic rings. The van der Waals surface area contributed by atoms with Crippen LogP contribution in [0.15, 0.2) is 6.07 Å². The summed E-state index contributed by atoms with van der Waals surface area (Å²) in [6.45, 7) is 14.2. The molecule has 1 heterocycles. The molecule has 0 aliphatic rings. The van der Waals surface area contributed by atoms with Crippen LogP contribution in [-0.2, 0) is 19.4 Å². The minimum atomic E-state index is 0.247. The van der Waals surface area contributed by atoms with Crippen molar-refractivity contribution in [3.63, 3.8) is 0 Å². The number of hydrogen-bond donors (Lipinski definition) is 1. The minimum absolute atomic E-state index is 0.247. The molecule has 0 radical (unpaired) electrons. The zero-order chi connectivity index (χ0) is 12.9. The summed E-state index contributed by atoms with van der Waals surface area (Å²) in [6, 6.07) is 2.24. The Morgan fingerprint density at radius 3 is 2.47 bits per heavy atom. The molecule has 1 rings (SSSR count). The normalized spacial score (nSPS) is 12.1. The average molecular weight is 237 g/mol. The second kappa shape index (κ2) is 6.20. The molecule has 0 spiro atoms. The first-order valence-corrected chi connectivity index (χ1v) is 6.78. The van der Waals surface area contributed by atoms with Gasteiger partial charge < -0.3 is 5.32 Å². The predicted octanol–water partition coefficient (Wildman–Crippen LogP) is 2.64. The van der Waals surface area contributed by atoms with Crippen molar-refractivity contribution in [1.82, 2.24) is 15.1 Å². The quantitative estimate of drug-likeness (QED) is 0.790. The van der Waals surface area contributed by atoms with Gasteiger partial charge in [-0.05, 0) is 30.9 Å². The van der Waals surface area contributed by atoms with Crippen LogP contribution in [0.1, 0.15) is 46.0 Å². The van der Waals surface area contributed by atoms with Gasteiger partial charge in [0.2, 0.25) is 0 Å². The van der Waals surface area contributed by atoms with E-state index in [2.05, 4.69) is 55.8 Å². The van der Waals surface area contributed by atoms with E-state index in [0.717, 1.165) is 32.5 Å². The zero-order valence-corrected chi connectivity index (χ0v) is 12.0. The van der Waals surface area contributed by atoms with Gasteiger partial charge in [-0.2, -0.15) is 5.10 Å². The molecular weight excluding hydrogens is 210 g/mol. The summed E-state index contributed by atoms with van der Waals surface area (Å²) in [7, 11) is 0. The molecule has 0 bridgehead atoms. The monoisotopic (exact) mass is 237 g/mol. The van der Waals surface area contributed by atoms with Gasteiger partial charge in [0.15, 0.2) is 0 Å². The SMILES string of the molecule is CCNCC(C)(C)Cn1nc(CC)cc1CC. The van der Waals surface area contributed by atoms with Crippen molar-refractivity contribution < 1.29 is 0 Å². The van der Waals surface area contributed by atoms with Crippen LogP contribution in [0.3, 0.4) is 0 Å². The van der Waals surface area contributed by atoms with E-state index in [0.29, 0.717) is 0 Å². The number of hydrogen-bond acceptors (Lipinski definition) is 2. The molecule has 17 heavy (non-hydrogen) atoms. The van der Waals surface area contributed by atoms with Crippen LogP contribution >= 0.6 is 0 Å². The maximum atomic E-state index is 4.68. The third-order valence-corrected chi connectivity index (χ3v) is 3.07. The van der Waals surface area contributed by atoms with Gasteiger partial charge in [-0.15, -0.1) is 0 Å². The van der Waals surface area contributed by atoms with E-state index in [9.17, 15) is 0 Å². The maximum Gasteiger partial charge on any atom is 0.0624 e. The van der Waals surface area contributed by atoms with Gasteiger partial charge in [-0.1, -0.05) is 34.6 Å². The fraction of sp³-hybridized carbons (Fsp3) is 0.786. The maximum absolute atomic E-state index is 4.68. The molecule has 98 valence electrons. The first kappa shape index (κ1) is 14.2. The molecular formula is C14H27N3. The van der Waals surface area contributed by atoms with Crippen molar-refractivity contribution >= 4 is 0 Å². The van der Waals surface area contributed by atoms with Crippen molar-refractivity contribution in [3.05, 3.63) is 17.5 Å². The lowest BCUT2D eigenvalue weighted by molar-refractivity contribution is 0.274. The van der Waals surface area contributed by atoms with E-state index in [4.69, 9.17) is 0 Å². The van der Waals surface area contributed by atoms with Gasteiger partial charge >= 0.3 is 0 Å². The van der Waals surface area contributed by atoms with Gasteiger partial charge in [-0.3, -0.25) is 4.68 Å². The molecule has 0 aromatic carbocycles. The first-order valence-electron chi connectivity index (χ1n) is 6.78. The summed E-state index contributed by atoms with van der Waals surface area (Å²) in [6.07, 6.45) is 2.08. The van der Waals surface area contributed by atoms with Crippen molar-refractivity contribution in [2.45, 2.75) is 54.0 Å². The molecule has 0 unspecified atom stereocenters. The second-order valence-corrected chi connectivity index (χ2v) is 5.44. The summed E-state index contributed by atoms with van der Waals surface area (Å²) < 4.78 is 2.19. The molecule has 0 atom stereocenters. The standard InChI is InChI=1S/C14H27N3/c1-6-12-9-13(7-2)17(16-12)11-14(4,5)10-15-8-3/h9,15H,6-8,10-11H2,1-5H3. The molecule has 0 amide bonds. The Labute approximate surface area is 106 Å². The van der Waals surface area contributed by atoms with E-state index in [-0.39, 0.29) is 5.41 Å².